The molecule has 1 aromatic rings. The topological polar surface area (TPSA) is 9.23 Å². The summed E-state index contributed by atoms with van der Waals surface area (Å²) in [5, 5.41) is 1.35. The molecule has 0 saturated carbocycles. The van der Waals surface area contributed by atoms with Gasteiger partial charge in [-0.25, -0.2) is 0 Å². The Balaban J connectivity index is 2.79. The van der Waals surface area contributed by atoms with Crippen LogP contribution in [0.25, 0.3) is 0 Å². The highest BCUT2D eigenvalue weighted by Gasteiger charge is 2.06. The molecule has 21 heavy (non-hydrogen) atoms. The second-order valence-electron chi connectivity index (χ2n) is 6.24. The van der Waals surface area contributed by atoms with Crippen LogP contribution in [0.15, 0.2) is 18.2 Å². The molecular formula is C18H30OS2. The van der Waals surface area contributed by atoms with Gasteiger partial charge in [0.25, 0.3) is 0 Å². The summed E-state index contributed by atoms with van der Waals surface area (Å²) in [6, 6.07) is 6.98. The smallest absolute Gasteiger partial charge is 0.0720 e. The van der Waals surface area contributed by atoms with E-state index in [1.54, 1.807) is 0 Å². The van der Waals surface area contributed by atoms with E-state index in [0.717, 1.165) is 18.1 Å². The number of hydrogen-bond donors (Lipinski definition) is 0. The molecule has 0 aromatic heterocycles. The van der Waals surface area contributed by atoms with E-state index in [1.807, 2.05) is 23.5 Å². The number of thioether (sulfide) groups is 2. The Morgan fingerprint density at radius 3 is 1.57 bits per heavy atom. The second kappa shape index (κ2) is 9.81. The Hall–Kier alpha value is -0.120. The molecule has 0 fully saturated rings. The van der Waals surface area contributed by atoms with Gasteiger partial charge in [-0.2, -0.15) is 23.5 Å². The predicted octanol–water partition coefficient (Wildman–Crippen LogP) is 5.89. The molecule has 0 bridgehead atoms. The lowest BCUT2D eigenvalue weighted by atomic mass is 10.1. The lowest BCUT2D eigenvalue weighted by Gasteiger charge is -2.13. The second-order valence-corrected chi connectivity index (χ2v) is 9.37. The minimum atomic E-state index is 0.284. The first kappa shape index (κ1) is 18.9. The van der Waals surface area contributed by atoms with E-state index in [4.69, 9.17) is 4.74 Å². The Morgan fingerprint density at radius 2 is 1.19 bits per heavy atom. The summed E-state index contributed by atoms with van der Waals surface area (Å²) >= 11 is 4.01. The van der Waals surface area contributed by atoms with Gasteiger partial charge in [0, 0.05) is 11.5 Å². The molecule has 1 rings (SSSR count). The summed E-state index contributed by atoms with van der Waals surface area (Å²) in [5.74, 6) is 2.18. The fraction of sp³-hybridized carbons (Fsp3) is 0.667. The van der Waals surface area contributed by atoms with Gasteiger partial charge in [0.1, 0.15) is 0 Å². The average molecular weight is 327 g/mol. The Labute approximate surface area is 139 Å². The molecule has 0 aliphatic rings. The highest BCUT2D eigenvalue weighted by Crippen LogP contribution is 2.24. The molecule has 0 saturated heterocycles. The van der Waals surface area contributed by atoms with Crippen molar-refractivity contribution in [2.45, 2.75) is 76.3 Å². The maximum Gasteiger partial charge on any atom is 0.0720 e. The van der Waals surface area contributed by atoms with Crippen molar-refractivity contribution in [3.8, 4) is 0 Å². The first-order valence-electron chi connectivity index (χ1n) is 7.83. The van der Waals surface area contributed by atoms with Crippen molar-refractivity contribution in [3.63, 3.8) is 0 Å². The monoisotopic (exact) mass is 326 g/mol. The first-order valence-corrected chi connectivity index (χ1v) is 9.93. The first-order chi connectivity index (χ1) is 9.86. The average Bonchev–Trinajstić information content (AvgIpc) is 2.40. The van der Waals surface area contributed by atoms with Crippen molar-refractivity contribution < 1.29 is 4.74 Å². The fourth-order valence-corrected chi connectivity index (χ4v) is 3.26. The van der Waals surface area contributed by atoms with Crippen LogP contribution in [-0.2, 0) is 22.8 Å². The van der Waals surface area contributed by atoms with Crippen molar-refractivity contribution in [3.05, 3.63) is 34.9 Å². The van der Waals surface area contributed by atoms with E-state index in [1.165, 1.54) is 16.7 Å². The third-order valence-electron chi connectivity index (χ3n) is 2.86. The van der Waals surface area contributed by atoms with Crippen LogP contribution in [-0.4, -0.2) is 16.6 Å². The molecule has 0 aliphatic heterocycles. The third-order valence-corrected chi connectivity index (χ3v) is 5.20. The molecule has 0 atom stereocenters. The van der Waals surface area contributed by atoms with Crippen LogP contribution in [0.1, 0.15) is 58.2 Å². The highest BCUT2D eigenvalue weighted by atomic mass is 32.2. The molecule has 0 heterocycles. The summed E-state index contributed by atoms with van der Waals surface area (Å²) in [7, 11) is 0. The minimum absolute atomic E-state index is 0.284. The zero-order valence-electron chi connectivity index (χ0n) is 14.3. The Kier molecular flexibility index (Phi) is 8.84. The lowest BCUT2D eigenvalue weighted by molar-refractivity contribution is 0.0656. The van der Waals surface area contributed by atoms with Gasteiger partial charge in [0.15, 0.2) is 0 Å². The summed E-state index contributed by atoms with van der Waals surface area (Å²) in [4.78, 5) is 0. The van der Waals surface area contributed by atoms with Gasteiger partial charge in [0.2, 0.25) is 0 Å². The normalized spacial score (nSPS) is 11.9. The molecule has 1 aromatic carbocycles. The van der Waals surface area contributed by atoms with Gasteiger partial charge >= 0.3 is 0 Å². The van der Waals surface area contributed by atoms with Gasteiger partial charge in [-0.1, -0.05) is 45.9 Å². The summed E-state index contributed by atoms with van der Waals surface area (Å²) in [5.41, 5.74) is 4.17. The number of rotatable bonds is 9. The molecule has 3 heteroatoms. The number of benzene rings is 1. The largest absolute Gasteiger partial charge is 0.374 e. The molecule has 0 aliphatic carbocycles. The van der Waals surface area contributed by atoms with Gasteiger partial charge in [-0.15, -0.1) is 0 Å². The molecule has 120 valence electrons. The van der Waals surface area contributed by atoms with Crippen LogP contribution in [0.3, 0.4) is 0 Å². The van der Waals surface area contributed by atoms with Crippen molar-refractivity contribution >= 4 is 23.5 Å². The zero-order chi connectivity index (χ0) is 15.8. The summed E-state index contributed by atoms with van der Waals surface area (Å²) < 4.78 is 5.78. The van der Waals surface area contributed by atoms with Crippen molar-refractivity contribution in [2.24, 2.45) is 0 Å². The van der Waals surface area contributed by atoms with Gasteiger partial charge in [0.05, 0.1) is 12.7 Å². The van der Waals surface area contributed by atoms with E-state index in [-0.39, 0.29) is 6.10 Å². The molecule has 1 nitrogen and oxygen atoms in total. The van der Waals surface area contributed by atoms with Gasteiger partial charge in [-0.3, -0.25) is 0 Å². The molecule has 0 amide bonds. The van der Waals surface area contributed by atoms with Crippen LogP contribution < -0.4 is 0 Å². The van der Waals surface area contributed by atoms with E-state index >= 15 is 0 Å². The maximum absolute atomic E-state index is 5.78. The molecule has 0 radical (unpaired) electrons. The lowest BCUT2D eigenvalue weighted by Crippen LogP contribution is -2.03. The standard InChI is InChI=1S/C18H30OS2/c1-13(2)19-10-16-7-17(11-20-14(3)4)9-18(8-16)12-21-15(5)6/h7-9,13-15H,10-12H2,1-6H3. The van der Waals surface area contributed by atoms with E-state index < -0.39 is 0 Å². The summed E-state index contributed by atoms with van der Waals surface area (Å²) in [6.07, 6.45) is 0.284. The fourth-order valence-electron chi connectivity index (χ4n) is 1.88. The number of hydrogen-bond acceptors (Lipinski definition) is 3. The molecule has 0 N–H and O–H groups in total. The van der Waals surface area contributed by atoms with Gasteiger partial charge < -0.3 is 4.74 Å². The third kappa shape index (κ3) is 8.80. The van der Waals surface area contributed by atoms with Crippen LogP contribution >= 0.6 is 23.5 Å². The van der Waals surface area contributed by atoms with Gasteiger partial charge in [-0.05, 0) is 41.0 Å². The van der Waals surface area contributed by atoms with E-state index in [2.05, 4.69) is 59.7 Å². The van der Waals surface area contributed by atoms with Crippen molar-refractivity contribution in [1.29, 1.82) is 0 Å². The molecule has 0 spiro atoms. The number of ether oxygens (including phenoxy) is 1. The van der Waals surface area contributed by atoms with Crippen LogP contribution in [0.2, 0.25) is 0 Å². The van der Waals surface area contributed by atoms with E-state index in [0.29, 0.717) is 10.5 Å². The highest BCUT2D eigenvalue weighted by molar-refractivity contribution is 7.99. The van der Waals surface area contributed by atoms with Crippen molar-refractivity contribution in [2.75, 3.05) is 0 Å². The van der Waals surface area contributed by atoms with Crippen LogP contribution in [0, 0.1) is 0 Å². The zero-order valence-corrected chi connectivity index (χ0v) is 15.9. The van der Waals surface area contributed by atoms with Crippen LogP contribution in [0.4, 0.5) is 0 Å². The predicted molar refractivity (Wildman–Crippen MR) is 99.2 cm³/mol. The Morgan fingerprint density at radius 1 is 0.762 bits per heavy atom. The quantitative estimate of drug-likeness (QED) is 0.559. The van der Waals surface area contributed by atoms with Crippen molar-refractivity contribution in [1.82, 2.24) is 0 Å². The maximum atomic E-state index is 5.78. The Bertz CT molecular complexity index is 339. The molecule has 0 unspecified atom stereocenters. The van der Waals surface area contributed by atoms with Crippen LogP contribution in [0.5, 0.6) is 0 Å². The summed E-state index contributed by atoms with van der Waals surface area (Å²) in [6.45, 7) is 13.9. The minimum Gasteiger partial charge on any atom is -0.374 e. The molecular weight excluding hydrogens is 296 g/mol. The van der Waals surface area contributed by atoms with E-state index in [9.17, 15) is 0 Å². The SMILES string of the molecule is CC(C)OCc1cc(CSC(C)C)cc(CSC(C)C)c1.